The SMILES string of the molecule is Cc1ccc(N2Cc3ccccc3[C@H]2/C=C/c2ccc(Cl)cc2)cc1C. The molecule has 3 aromatic carbocycles. The van der Waals surface area contributed by atoms with Gasteiger partial charge in [0.2, 0.25) is 0 Å². The summed E-state index contributed by atoms with van der Waals surface area (Å²) in [4.78, 5) is 2.48. The summed E-state index contributed by atoms with van der Waals surface area (Å²) < 4.78 is 0. The zero-order valence-electron chi connectivity index (χ0n) is 15.1. The molecule has 3 aromatic rings. The van der Waals surface area contributed by atoms with Crippen LogP contribution in [0.1, 0.15) is 33.9 Å². The van der Waals surface area contributed by atoms with Crippen LogP contribution in [0.4, 0.5) is 5.69 Å². The molecule has 0 amide bonds. The molecule has 1 heterocycles. The van der Waals surface area contributed by atoms with Crippen LogP contribution in [0.15, 0.2) is 72.8 Å². The number of nitrogens with zero attached hydrogens (tertiary/aromatic N) is 1. The van der Waals surface area contributed by atoms with Crippen molar-refractivity contribution < 1.29 is 0 Å². The average molecular weight is 360 g/mol. The van der Waals surface area contributed by atoms with Crippen molar-refractivity contribution in [3.63, 3.8) is 0 Å². The molecular weight excluding hydrogens is 338 g/mol. The Balaban J connectivity index is 1.71. The molecule has 0 aliphatic carbocycles. The zero-order valence-corrected chi connectivity index (χ0v) is 15.9. The minimum atomic E-state index is 0.240. The van der Waals surface area contributed by atoms with Crippen LogP contribution in [0.5, 0.6) is 0 Å². The summed E-state index contributed by atoms with van der Waals surface area (Å²) in [6.45, 7) is 5.28. The third kappa shape index (κ3) is 3.27. The largest absolute Gasteiger partial charge is 0.357 e. The van der Waals surface area contributed by atoms with Crippen molar-refractivity contribution in [2.45, 2.75) is 26.4 Å². The molecule has 0 spiro atoms. The van der Waals surface area contributed by atoms with Crippen LogP contribution in [-0.2, 0) is 6.54 Å². The Bertz CT molecular complexity index is 956. The number of halogens is 1. The topological polar surface area (TPSA) is 3.24 Å². The van der Waals surface area contributed by atoms with E-state index in [-0.39, 0.29) is 6.04 Å². The van der Waals surface area contributed by atoms with Gasteiger partial charge in [-0.2, -0.15) is 0 Å². The van der Waals surface area contributed by atoms with Gasteiger partial charge >= 0.3 is 0 Å². The van der Waals surface area contributed by atoms with Crippen LogP contribution in [0.2, 0.25) is 5.02 Å². The van der Waals surface area contributed by atoms with Gasteiger partial charge in [0.25, 0.3) is 0 Å². The van der Waals surface area contributed by atoms with Gasteiger partial charge in [0.05, 0.1) is 6.04 Å². The molecule has 1 aliphatic rings. The van der Waals surface area contributed by atoms with E-state index in [9.17, 15) is 0 Å². The van der Waals surface area contributed by atoms with Gasteiger partial charge in [-0.05, 0) is 65.9 Å². The maximum absolute atomic E-state index is 6.00. The highest BCUT2D eigenvalue weighted by atomic mass is 35.5. The molecule has 4 rings (SSSR count). The van der Waals surface area contributed by atoms with Gasteiger partial charge in [0.1, 0.15) is 0 Å². The van der Waals surface area contributed by atoms with Gasteiger partial charge in [-0.15, -0.1) is 0 Å². The van der Waals surface area contributed by atoms with Gasteiger partial charge in [0, 0.05) is 17.3 Å². The van der Waals surface area contributed by atoms with Crippen LogP contribution in [0.3, 0.4) is 0 Å². The zero-order chi connectivity index (χ0) is 18.1. The molecular formula is C24H22ClN. The summed E-state index contributed by atoms with van der Waals surface area (Å²) in [5.74, 6) is 0. The van der Waals surface area contributed by atoms with Crippen molar-refractivity contribution >= 4 is 23.4 Å². The van der Waals surface area contributed by atoms with E-state index in [1.165, 1.54) is 33.5 Å². The highest BCUT2D eigenvalue weighted by Crippen LogP contribution is 2.39. The summed E-state index contributed by atoms with van der Waals surface area (Å²) in [6, 6.07) is 23.7. The Labute approximate surface area is 160 Å². The van der Waals surface area contributed by atoms with Crippen molar-refractivity contribution in [3.8, 4) is 0 Å². The molecule has 1 nitrogen and oxygen atoms in total. The van der Waals surface area contributed by atoms with Crippen LogP contribution in [-0.4, -0.2) is 0 Å². The minimum absolute atomic E-state index is 0.240. The quantitative estimate of drug-likeness (QED) is 0.501. The summed E-state index contributed by atoms with van der Waals surface area (Å²) >= 11 is 6.00. The highest BCUT2D eigenvalue weighted by Gasteiger charge is 2.28. The summed E-state index contributed by atoms with van der Waals surface area (Å²) in [5, 5.41) is 0.769. The molecule has 0 radical (unpaired) electrons. The van der Waals surface area contributed by atoms with Crippen molar-refractivity contribution in [2.24, 2.45) is 0 Å². The van der Waals surface area contributed by atoms with E-state index in [4.69, 9.17) is 11.6 Å². The number of hydrogen-bond donors (Lipinski definition) is 0. The fourth-order valence-electron chi connectivity index (χ4n) is 3.56. The maximum Gasteiger partial charge on any atom is 0.0736 e. The summed E-state index contributed by atoms with van der Waals surface area (Å²) in [7, 11) is 0. The second-order valence-electron chi connectivity index (χ2n) is 6.95. The first-order valence-corrected chi connectivity index (χ1v) is 9.35. The van der Waals surface area contributed by atoms with Crippen LogP contribution in [0.25, 0.3) is 6.08 Å². The number of anilines is 1. The molecule has 0 fully saturated rings. The Morgan fingerprint density at radius 2 is 1.69 bits per heavy atom. The smallest absolute Gasteiger partial charge is 0.0736 e. The van der Waals surface area contributed by atoms with Crippen molar-refractivity contribution in [3.05, 3.63) is 106 Å². The van der Waals surface area contributed by atoms with Crippen molar-refractivity contribution in [1.82, 2.24) is 0 Å². The molecule has 0 unspecified atom stereocenters. The number of hydrogen-bond acceptors (Lipinski definition) is 1. The first kappa shape index (κ1) is 16.9. The van der Waals surface area contributed by atoms with Gasteiger partial charge in [-0.3, -0.25) is 0 Å². The molecule has 2 heteroatoms. The lowest BCUT2D eigenvalue weighted by molar-refractivity contribution is 0.795. The van der Waals surface area contributed by atoms with Crippen molar-refractivity contribution in [1.29, 1.82) is 0 Å². The second-order valence-corrected chi connectivity index (χ2v) is 7.39. The lowest BCUT2D eigenvalue weighted by Gasteiger charge is -2.26. The van der Waals surface area contributed by atoms with Crippen molar-refractivity contribution in [2.75, 3.05) is 4.90 Å². The minimum Gasteiger partial charge on any atom is -0.357 e. The number of aryl methyl sites for hydroxylation is 2. The third-order valence-corrected chi connectivity index (χ3v) is 5.47. The Morgan fingerprint density at radius 3 is 2.46 bits per heavy atom. The fourth-order valence-corrected chi connectivity index (χ4v) is 3.68. The van der Waals surface area contributed by atoms with Gasteiger partial charge < -0.3 is 4.90 Å². The molecule has 1 aliphatic heterocycles. The molecule has 130 valence electrons. The number of fused-ring (bicyclic) bond motifs is 1. The number of rotatable bonds is 3. The first-order chi connectivity index (χ1) is 12.6. The molecule has 0 N–H and O–H groups in total. The maximum atomic E-state index is 6.00. The monoisotopic (exact) mass is 359 g/mol. The van der Waals surface area contributed by atoms with Gasteiger partial charge in [-0.1, -0.05) is 66.2 Å². The van der Waals surface area contributed by atoms with E-state index in [2.05, 4.69) is 85.5 Å². The summed E-state index contributed by atoms with van der Waals surface area (Å²) in [6.07, 6.45) is 4.49. The van der Waals surface area contributed by atoms with E-state index in [1.54, 1.807) is 0 Å². The lowest BCUT2D eigenvalue weighted by atomic mass is 10.0. The van der Waals surface area contributed by atoms with E-state index in [0.29, 0.717) is 0 Å². The van der Waals surface area contributed by atoms with Gasteiger partial charge in [-0.25, -0.2) is 0 Å². The van der Waals surface area contributed by atoms with Crippen LogP contribution >= 0.6 is 11.6 Å². The molecule has 0 aromatic heterocycles. The molecule has 0 bridgehead atoms. The summed E-state index contributed by atoms with van der Waals surface area (Å²) in [5.41, 5.74) is 7.89. The standard InChI is InChI=1S/C24H22ClN/c1-17-7-13-22(15-18(17)2)26-16-20-5-3-4-6-23(20)24(26)14-10-19-8-11-21(25)12-9-19/h3-15,24H,16H2,1-2H3/b14-10+/t24-/m1/s1. The predicted molar refractivity (Wildman–Crippen MR) is 112 cm³/mol. The molecule has 1 atom stereocenters. The van der Waals surface area contributed by atoms with E-state index >= 15 is 0 Å². The molecule has 0 saturated heterocycles. The number of benzene rings is 3. The first-order valence-electron chi connectivity index (χ1n) is 8.97. The molecule has 0 saturated carbocycles. The Kier molecular flexibility index (Phi) is 4.57. The second kappa shape index (κ2) is 7.01. The van der Waals surface area contributed by atoms with E-state index in [1.807, 2.05) is 12.1 Å². The van der Waals surface area contributed by atoms with Crippen LogP contribution < -0.4 is 4.90 Å². The lowest BCUT2D eigenvalue weighted by Crippen LogP contribution is -2.20. The molecule has 26 heavy (non-hydrogen) atoms. The van der Waals surface area contributed by atoms with E-state index < -0.39 is 0 Å². The predicted octanol–water partition coefficient (Wildman–Crippen LogP) is 6.73. The van der Waals surface area contributed by atoms with Crippen LogP contribution in [0, 0.1) is 13.8 Å². The normalized spacial score (nSPS) is 16.3. The Hall–Kier alpha value is -2.51. The average Bonchev–Trinajstić information content (AvgIpc) is 3.02. The van der Waals surface area contributed by atoms with E-state index in [0.717, 1.165) is 11.6 Å². The highest BCUT2D eigenvalue weighted by molar-refractivity contribution is 6.30. The fraction of sp³-hybridized carbons (Fsp3) is 0.167. The third-order valence-electron chi connectivity index (χ3n) is 5.21. The Morgan fingerprint density at radius 1 is 0.923 bits per heavy atom. The van der Waals surface area contributed by atoms with Gasteiger partial charge in [0.15, 0.2) is 0 Å².